The molecule has 0 spiro atoms. The third-order valence-electron chi connectivity index (χ3n) is 3.68. The van der Waals surface area contributed by atoms with Crippen LogP contribution in [0.2, 0.25) is 0 Å². The molecule has 1 aliphatic rings. The smallest absolute Gasteiger partial charge is 0.231 e. The molecule has 0 saturated heterocycles. The Bertz CT molecular complexity index is 657. The van der Waals surface area contributed by atoms with Crippen LogP contribution in [0.4, 0.5) is 0 Å². The lowest BCUT2D eigenvalue weighted by atomic mass is 10.1. The first-order valence-electron chi connectivity index (χ1n) is 7.21. The second-order valence-corrected chi connectivity index (χ2v) is 5.06. The summed E-state index contributed by atoms with van der Waals surface area (Å²) in [6.45, 7) is 2.01. The highest BCUT2D eigenvalue weighted by Crippen LogP contribution is 2.32. The Morgan fingerprint density at radius 2 is 1.82 bits per heavy atom. The molecule has 0 aliphatic carbocycles. The third kappa shape index (κ3) is 3.09. The van der Waals surface area contributed by atoms with Crippen molar-refractivity contribution in [1.82, 2.24) is 0 Å². The fourth-order valence-corrected chi connectivity index (χ4v) is 2.48. The van der Waals surface area contributed by atoms with Gasteiger partial charge in [0.1, 0.15) is 24.6 Å². The molecule has 0 atom stereocenters. The highest BCUT2D eigenvalue weighted by molar-refractivity contribution is 5.44. The first-order valence-corrected chi connectivity index (χ1v) is 7.21. The van der Waals surface area contributed by atoms with E-state index in [2.05, 4.69) is 11.4 Å². The van der Waals surface area contributed by atoms with E-state index < -0.39 is 0 Å². The van der Waals surface area contributed by atoms with Gasteiger partial charge in [0.15, 0.2) is 11.5 Å². The zero-order chi connectivity index (χ0) is 15.4. The van der Waals surface area contributed by atoms with Gasteiger partial charge in [0.2, 0.25) is 6.79 Å². The van der Waals surface area contributed by atoms with Gasteiger partial charge in [0.05, 0.1) is 14.2 Å². The molecule has 5 heteroatoms. The monoisotopic (exact) mass is 302 g/mol. The Balaban J connectivity index is 1.61. The predicted molar refractivity (Wildman–Crippen MR) is 81.4 cm³/mol. The third-order valence-corrected chi connectivity index (χ3v) is 3.68. The Hall–Kier alpha value is -2.40. The van der Waals surface area contributed by atoms with Crippen molar-refractivity contribution in [3.05, 3.63) is 47.5 Å². The van der Waals surface area contributed by atoms with E-state index in [1.807, 2.05) is 30.3 Å². The van der Waals surface area contributed by atoms with Gasteiger partial charge in [0.25, 0.3) is 0 Å². The fourth-order valence-electron chi connectivity index (χ4n) is 2.48. The quantitative estimate of drug-likeness (QED) is 0.882. The van der Waals surface area contributed by atoms with Crippen molar-refractivity contribution < 1.29 is 24.3 Å². The van der Waals surface area contributed by atoms with Crippen LogP contribution in [0.1, 0.15) is 11.1 Å². The summed E-state index contributed by atoms with van der Waals surface area (Å²) in [5.74, 6) is 3.30. The molecule has 0 amide bonds. The zero-order valence-corrected chi connectivity index (χ0v) is 12.8. The number of rotatable bonds is 6. The lowest BCUT2D eigenvalue weighted by Crippen LogP contribution is -2.80. The van der Waals surface area contributed by atoms with Crippen molar-refractivity contribution in [2.24, 2.45) is 0 Å². The van der Waals surface area contributed by atoms with E-state index in [1.54, 1.807) is 14.2 Å². The van der Waals surface area contributed by atoms with Gasteiger partial charge < -0.3 is 24.3 Å². The van der Waals surface area contributed by atoms with E-state index in [0.29, 0.717) is 6.79 Å². The van der Waals surface area contributed by atoms with E-state index >= 15 is 0 Å². The van der Waals surface area contributed by atoms with Crippen molar-refractivity contribution in [2.75, 3.05) is 21.0 Å². The molecular formula is C17H20NO4+. The van der Waals surface area contributed by atoms with Gasteiger partial charge in [-0.2, -0.15) is 0 Å². The molecule has 5 nitrogen and oxygen atoms in total. The molecule has 0 unspecified atom stereocenters. The van der Waals surface area contributed by atoms with Crippen LogP contribution in [0.15, 0.2) is 36.4 Å². The topological polar surface area (TPSA) is 53.5 Å². The second-order valence-electron chi connectivity index (χ2n) is 5.06. The van der Waals surface area contributed by atoms with Crippen LogP contribution < -0.4 is 24.3 Å². The Morgan fingerprint density at radius 3 is 2.64 bits per heavy atom. The summed E-state index contributed by atoms with van der Waals surface area (Å²) in [6.07, 6.45) is 0. The molecule has 0 radical (unpaired) electrons. The summed E-state index contributed by atoms with van der Waals surface area (Å²) >= 11 is 0. The first-order chi connectivity index (χ1) is 10.8. The normalized spacial score (nSPS) is 12.3. The maximum absolute atomic E-state index is 5.41. The minimum Gasteiger partial charge on any atom is -0.497 e. The molecule has 0 saturated carbocycles. The molecular weight excluding hydrogens is 282 g/mol. The number of ether oxygens (including phenoxy) is 4. The van der Waals surface area contributed by atoms with Gasteiger partial charge in [-0.15, -0.1) is 0 Å². The molecule has 22 heavy (non-hydrogen) atoms. The Labute approximate surface area is 129 Å². The van der Waals surface area contributed by atoms with Gasteiger partial charge in [-0.3, -0.25) is 0 Å². The molecule has 1 heterocycles. The molecule has 0 bridgehead atoms. The standard InChI is InChI=1S/C17H19NO4/c1-19-14-5-4-13(16(8-14)20-2)10-18-9-12-3-6-15-17(7-12)22-11-21-15/h3-8,18H,9-11H2,1-2H3/p+1. The van der Waals surface area contributed by atoms with E-state index in [1.165, 1.54) is 5.56 Å². The maximum atomic E-state index is 5.41. The Morgan fingerprint density at radius 1 is 0.955 bits per heavy atom. The van der Waals surface area contributed by atoms with Gasteiger partial charge >= 0.3 is 0 Å². The van der Waals surface area contributed by atoms with E-state index in [4.69, 9.17) is 18.9 Å². The van der Waals surface area contributed by atoms with Crippen molar-refractivity contribution in [3.63, 3.8) is 0 Å². The fraction of sp³-hybridized carbons (Fsp3) is 0.294. The molecule has 1 aliphatic heterocycles. The van der Waals surface area contributed by atoms with Gasteiger partial charge in [-0.1, -0.05) is 0 Å². The summed E-state index contributed by atoms with van der Waals surface area (Å²) in [4.78, 5) is 0. The molecule has 2 aromatic carbocycles. The van der Waals surface area contributed by atoms with Crippen LogP contribution >= 0.6 is 0 Å². The molecule has 2 N–H and O–H groups in total. The van der Waals surface area contributed by atoms with Crippen molar-refractivity contribution in [2.45, 2.75) is 13.1 Å². The lowest BCUT2D eigenvalue weighted by Gasteiger charge is -2.09. The van der Waals surface area contributed by atoms with Crippen LogP contribution in [0.3, 0.4) is 0 Å². The number of hydrogen-bond acceptors (Lipinski definition) is 4. The summed E-state index contributed by atoms with van der Waals surface area (Å²) < 4.78 is 21.3. The van der Waals surface area contributed by atoms with Crippen molar-refractivity contribution in [1.29, 1.82) is 0 Å². The lowest BCUT2D eigenvalue weighted by molar-refractivity contribution is -0.686. The van der Waals surface area contributed by atoms with Crippen LogP contribution in [0.25, 0.3) is 0 Å². The highest BCUT2D eigenvalue weighted by atomic mass is 16.7. The number of quaternary nitrogens is 1. The number of nitrogens with two attached hydrogens (primary N) is 1. The highest BCUT2D eigenvalue weighted by Gasteiger charge is 2.14. The van der Waals surface area contributed by atoms with E-state index in [0.717, 1.165) is 41.7 Å². The SMILES string of the molecule is COc1ccc(C[NH2+]Cc2ccc3c(c2)OCO3)c(OC)c1. The molecule has 3 rings (SSSR count). The number of fused-ring (bicyclic) bond motifs is 1. The average Bonchev–Trinajstić information content (AvgIpc) is 3.02. The maximum Gasteiger partial charge on any atom is 0.231 e. The van der Waals surface area contributed by atoms with Crippen LogP contribution in [0.5, 0.6) is 23.0 Å². The molecule has 0 aromatic heterocycles. The van der Waals surface area contributed by atoms with Gasteiger partial charge in [-0.05, 0) is 30.3 Å². The van der Waals surface area contributed by atoms with Crippen LogP contribution in [0, 0.1) is 0 Å². The number of benzene rings is 2. The van der Waals surface area contributed by atoms with Crippen molar-refractivity contribution >= 4 is 0 Å². The van der Waals surface area contributed by atoms with E-state index in [9.17, 15) is 0 Å². The Kier molecular flexibility index (Phi) is 4.34. The summed E-state index contributed by atoms with van der Waals surface area (Å²) in [5, 5.41) is 2.22. The van der Waals surface area contributed by atoms with Crippen molar-refractivity contribution in [3.8, 4) is 23.0 Å². The van der Waals surface area contributed by atoms with Gasteiger partial charge in [-0.25, -0.2) is 0 Å². The molecule has 2 aromatic rings. The predicted octanol–water partition coefficient (Wildman–Crippen LogP) is 1.70. The summed E-state index contributed by atoms with van der Waals surface area (Å²) in [7, 11) is 3.33. The van der Waals surface area contributed by atoms with Gasteiger partial charge in [0, 0.05) is 17.2 Å². The van der Waals surface area contributed by atoms with Crippen LogP contribution in [-0.4, -0.2) is 21.0 Å². The number of methoxy groups -OCH3 is 2. The molecule has 0 fully saturated rings. The largest absolute Gasteiger partial charge is 0.497 e. The second kappa shape index (κ2) is 6.58. The summed E-state index contributed by atoms with van der Waals surface area (Å²) in [5.41, 5.74) is 2.35. The van der Waals surface area contributed by atoms with E-state index in [-0.39, 0.29) is 0 Å². The minimum absolute atomic E-state index is 0.311. The average molecular weight is 302 g/mol. The number of hydrogen-bond donors (Lipinski definition) is 1. The minimum atomic E-state index is 0.311. The summed E-state index contributed by atoms with van der Waals surface area (Å²) in [6, 6.07) is 11.9. The van der Waals surface area contributed by atoms with Crippen LogP contribution in [-0.2, 0) is 13.1 Å². The zero-order valence-electron chi connectivity index (χ0n) is 12.8. The molecule has 116 valence electrons. The first kappa shape index (κ1) is 14.5.